The summed E-state index contributed by atoms with van der Waals surface area (Å²) in [7, 11) is 0. The molecule has 31 heavy (non-hydrogen) atoms. The summed E-state index contributed by atoms with van der Waals surface area (Å²) < 4.78 is 11.1. The lowest BCUT2D eigenvalue weighted by atomic mass is 10.1. The number of aromatic nitrogens is 2. The average molecular weight is 416 g/mol. The molecule has 1 atom stereocenters. The molecule has 9 heteroatoms. The molecule has 1 saturated heterocycles. The van der Waals surface area contributed by atoms with Crippen molar-refractivity contribution in [3.05, 3.63) is 82.5 Å². The standard InChI is InChI=1S/C22H16N4O5/c27-16-11-18(30-17-9-5-4-8-15(16)17)20(29)23-22-25-24-21(31-22)13-10-19(28)26(12-13)14-6-2-1-3-7-14/h1-9,11,13H,10,12H2,(H,23,25,29)/t13-/m1/s1. The van der Waals surface area contributed by atoms with Gasteiger partial charge in [0.25, 0.3) is 5.91 Å². The van der Waals surface area contributed by atoms with Gasteiger partial charge in [0.05, 0.1) is 11.3 Å². The number of carbonyl (C=O) groups is 2. The molecule has 4 aromatic rings. The Morgan fingerprint density at radius 2 is 1.77 bits per heavy atom. The van der Waals surface area contributed by atoms with Crippen LogP contribution in [0.15, 0.2) is 74.3 Å². The van der Waals surface area contributed by atoms with Gasteiger partial charge >= 0.3 is 6.01 Å². The van der Waals surface area contributed by atoms with E-state index < -0.39 is 5.91 Å². The topological polar surface area (TPSA) is 119 Å². The Morgan fingerprint density at radius 1 is 1.00 bits per heavy atom. The summed E-state index contributed by atoms with van der Waals surface area (Å²) in [5, 5.41) is 10.6. The van der Waals surface area contributed by atoms with Gasteiger partial charge in [0.1, 0.15) is 5.58 Å². The molecule has 0 bridgehead atoms. The second kappa shape index (κ2) is 7.52. The van der Waals surface area contributed by atoms with Crippen molar-refractivity contribution in [3.63, 3.8) is 0 Å². The molecule has 2 aromatic heterocycles. The van der Waals surface area contributed by atoms with Crippen molar-refractivity contribution in [2.75, 3.05) is 16.8 Å². The molecule has 1 N–H and O–H groups in total. The summed E-state index contributed by atoms with van der Waals surface area (Å²) in [6.45, 7) is 0.401. The van der Waals surface area contributed by atoms with E-state index in [2.05, 4.69) is 15.5 Å². The maximum absolute atomic E-state index is 12.5. The largest absolute Gasteiger partial charge is 0.451 e. The van der Waals surface area contributed by atoms with E-state index in [-0.39, 0.29) is 41.3 Å². The van der Waals surface area contributed by atoms with Crippen LogP contribution < -0.4 is 15.6 Å². The van der Waals surface area contributed by atoms with Crippen molar-refractivity contribution in [2.24, 2.45) is 0 Å². The minimum Gasteiger partial charge on any atom is -0.451 e. The number of amides is 2. The summed E-state index contributed by atoms with van der Waals surface area (Å²) in [5.74, 6) is -0.939. The Bertz CT molecular complexity index is 1340. The smallest absolute Gasteiger partial charge is 0.322 e. The minimum atomic E-state index is -0.688. The molecule has 1 aliphatic heterocycles. The van der Waals surface area contributed by atoms with Crippen molar-refractivity contribution >= 4 is 34.5 Å². The van der Waals surface area contributed by atoms with Crippen LogP contribution in [0.3, 0.4) is 0 Å². The van der Waals surface area contributed by atoms with Crippen LogP contribution in [0.1, 0.15) is 28.8 Å². The number of carbonyl (C=O) groups excluding carboxylic acids is 2. The summed E-state index contributed by atoms with van der Waals surface area (Å²) >= 11 is 0. The minimum absolute atomic E-state index is 0.0436. The van der Waals surface area contributed by atoms with Gasteiger partial charge in [-0.1, -0.05) is 35.4 Å². The molecule has 2 amide bonds. The van der Waals surface area contributed by atoms with E-state index in [0.717, 1.165) is 11.8 Å². The summed E-state index contributed by atoms with van der Waals surface area (Å²) in [6.07, 6.45) is 0.226. The Kier molecular flexibility index (Phi) is 4.55. The third-order valence-corrected chi connectivity index (χ3v) is 5.06. The van der Waals surface area contributed by atoms with Gasteiger partial charge in [0.15, 0.2) is 11.2 Å². The first-order chi connectivity index (χ1) is 15.1. The molecule has 0 unspecified atom stereocenters. The highest BCUT2D eigenvalue weighted by Crippen LogP contribution is 2.31. The summed E-state index contributed by atoms with van der Waals surface area (Å²) in [4.78, 5) is 38.7. The van der Waals surface area contributed by atoms with Gasteiger partial charge in [-0.15, -0.1) is 5.10 Å². The highest BCUT2D eigenvalue weighted by Gasteiger charge is 2.35. The SMILES string of the molecule is O=C(Nc1nnc([C@@H]2CC(=O)N(c3ccccc3)C2)o1)c1cc(=O)c2ccccc2o1. The summed E-state index contributed by atoms with van der Waals surface area (Å²) in [6, 6.07) is 16.9. The van der Waals surface area contributed by atoms with Gasteiger partial charge in [0, 0.05) is 24.7 Å². The van der Waals surface area contributed by atoms with E-state index in [1.165, 1.54) is 0 Å². The maximum Gasteiger partial charge on any atom is 0.322 e. The van der Waals surface area contributed by atoms with Crippen molar-refractivity contribution in [1.82, 2.24) is 10.2 Å². The van der Waals surface area contributed by atoms with E-state index in [0.29, 0.717) is 17.5 Å². The van der Waals surface area contributed by atoms with E-state index in [4.69, 9.17) is 8.83 Å². The first-order valence-corrected chi connectivity index (χ1v) is 9.61. The number of rotatable bonds is 4. The number of hydrogen-bond donors (Lipinski definition) is 1. The molecular weight excluding hydrogens is 400 g/mol. The third-order valence-electron chi connectivity index (χ3n) is 5.06. The van der Waals surface area contributed by atoms with Crippen LogP contribution in [0.25, 0.3) is 11.0 Å². The van der Waals surface area contributed by atoms with Gasteiger partial charge < -0.3 is 13.7 Å². The molecular formula is C22H16N4O5. The summed E-state index contributed by atoms with van der Waals surface area (Å²) in [5.41, 5.74) is 0.773. The molecule has 5 rings (SSSR count). The second-order valence-corrected chi connectivity index (χ2v) is 7.11. The highest BCUT2D eigenvalue weighted by atomic mass is 16.4. The zero-order valence-electron chi connectivity index (χ0n) is 16.1. The van der Waals surface area contributed by atoms with E-state index >= 15 is 0 Å². The molecule has 0 spiro atoms. The number of fused-ring (bicyclic) bond motifs is 1. The molecule has 1 fully saturated rings. The van der Waals surface area contributed by atoms with E-state index in [9.17, 15) is 14.4 Å². The predicted molar refractivity (Wildman–Crippen MR) is 111 cm³/mol. The van der Waals surface area contributed by atoms with Crippen LogP contribution in [0.5, 0.6) is 0 Å². The van der Waals surface area contributed by atoms with E-state index in [1.54, 1.807) is 29.2 Å². The van der Waals surface area contributed by atoms with Crippen LogP contribution in [0.2, 0.25) is 0 Å². The first-order valence-electron chi connectivity index (χ1n) is 9.61. The fourth-order valence-corrected chi connectivity index (χ4v) is 3.56. The lowest BCUT2D eigenvalue weighted by Gasteiger charge is -2.15. The number of anilines is 2. The molecule has 3 heterocycles. The molecule has 9 nitrogen and oxygen atoms in total. The Hall–Kier alpha value is -4.27. The number of hydrogen-bond acceptors (Lipinski definition) is 7. The lowest BCUT2D eigenvalue weighted by molar-refractivity contribution is -0.117. The van der Waals surface area contributed by atoms with Crippen LogP contribution in [-0.2, 0) is 4.79 Å². The second-order valence-electron chi connectivity index (χ2n) is 7.11. The number of nitrogens with one attached hydrogen (secondary N) is 1. The first kappa shape index (κ1) is 18.7. The number of para-hydroxylation sites is 2. The molecule has 0 radical (unpaired) electrons. The molecule has 2 aromatic carbocycles. The fraction of sp³-hybridized carbons (Fsp3) is 0.136. The van der Waals surface area contributed by atoms with E-state index in [1.807, 2.05) is 30.3 Å². The zero-order chi connectivity index (χ0) is 21.4. The monoisotopic (exact) mass is 416 g/mol. The molecule has 1 aliphatic rings. The molecule has 0 saturated carbocycles. The number of nitrogens with zero attached hydrogens (tertiary/aromatic N) is 3. The van der Waals surface area contributed by atoms with Crippen LogP contribution >= 0.6 is 0 Å². The average Bonchev–Trinajstić information content (AvgIpc) is 3.41. The van der Waals surface area contributed by atoms with Gasteiger partial charge in [-0.3, -0.25) is 19.7 Å². The Morgan fingerprint density at radius 3 is 2.61 bits per heavy atom. The van der Waals surface area contributed by atoms with Gasteiger partial charge in [0.2, 0.25) is 11.8 Å². The van der Waals surface area contributed by atoms with Crippen LogP contribution in [0.4, 0.5) is 11.7 Å². The van der Waals surface area contributed by atoms with Crippen molar-refractivity contribution in [3.8, 4) is 0 Å². The van der Waals surface area contributed by atoms with Crippen LogP contribution in [0, 0.1) is 0 Å². The van der Waals surface area contributed by atoms with Crippen molar-refractivity contribution in [2.45, 2.75) is 12.3 Å². The predicted octanol–water partition coefficient (Wildman–Crippen LogP) is 2.95. The lowest BCUT2D eigenvalue weighted by Crippen LogP contribution is -2.24. The third kappa shape index (κ3) is 3.57. The quantitative estimate of drug-likeness (QED) is 0.543. The highest BCUT2D eigenvalue weighted by molar-refractivity contribution is 6.01. The molecule has 154 valence electrons. The zero-order valence-corrected chi connectivity index (χ0v) is 16.1. The van der Waals surface area contributed by atoms with Crippen molar-refractivity contribution in [1.29, 1.82) is 0 Å². The van der Waals surface area contributed by atoms with Gasteiger partial charge in [-0.05, 0) is 24.3 Å². The fourth-order valence-electron chi connectivity index (χ4n) is 3.56. The Balaban J connectivity index is 1.32. The normalized spacial score (nSPS) is 16.1. The van der Waals surface area contributed by atoms with Crippen LogP contribution in [-0.4, -0.2) is 28.6 Å². The van der Waals surface area contributed by atoms with Gasteiger partial charge in [-0.25, -0.2) is 0 Å². The Labute approximate surface area is 175 Å². The molecule has 0 aliphatic carbocycles. The number of benzene rings is 2. The van der Waals surface area contributed by atoms with Crippen molar-refractivity contribution < 1.29 is 18.4 Å². The van der Waals surface area contributed by atoms with Gasteiger partial charge in [-0.2, -0.15) is 0 Å². The maximum atomic E-state index is 12.5.